The minimum absolute atomic E-state index is 0.291. The molecule has 0 saturated heterocycles. The molecule has 24 heavy (non-hydrogen) atoms. The second-order valence-electron chi connectivity index (χ2n) is 5.58. The molecule has 2 aromatic carbocycles. The minimum atomic E-state index is -0.938. The molecule has 2 nitrogen and oxygen atoms in total. The Morgan fingerprint density at radius 1 is 0.875 bits per heavy atom. The summed E-state index contributed by atoms with van der Waals surface area (Å²) in [5, 5.41) is 10.7. The van der Waals surface area contributed by atoms with Crippen LogP contribution >= 0.6 is 34.5 Å². The smallest absolute Gasteiger partial charge is 0.345 e. The Morgan fingerprint density at radius 2 is 1.42 bits per heavy atom. The molecule has 5 heteroatoms. The van der Waals surface area contributed by atoms with Crippen molar-refractivity contribution >= 4 is 40.5 Å². The molecule has 0 radical (unpaired) electrons. The van der Waals surface area contributed by atoms with Gasteiger partial charge >= 0.3 is 5.97 Å². The lowest BCUT2D eigenvalue weighted by Crippen LogP contribution is -1.90. The first kappa shape index (κ1) is 17.0. The fourth-order valence-electron chi connectivity index (χ4n) is 2.62. The van der Waals surface area contributed by atoms with Crippen LogP contribution in [0.4, 0.5) is 0 Å². The zero-order valence-corrected chi connectivity index (χ0v) is 15.4. The summed E-state index contributed by atoms with van der Waals surface area (Å²) in [5.74, 6) is -0.938. The quantitative estimate of drug-likeness (QED) is 0.551. The van der Waals surface area contributed by atoms with Gasteiger partial charge in [-0.1, -0.05) is 35.3 Å². The van der Waals surface area contributed by atoms with Gasteiger partial charge in [-0.25, -0.2) is 4.79 Å². The van der Waals surface area contributed by atoms with Gasteiger partial charge in [0.05, 0.1) is 0 Å². The lowest BCUT2D eigenvalue weighted by molar-refractivity contribution is 0.0702. The van der Waals surface area contributed by atoms with E-state index < -0.39 is 5.97 Å². The third kappa shape index (κ3) is 3.20. The Hall–Kier alpha value is -1.81. The van der Waals surface area contributed by atoms with Crippen molar-refractivity contribution in [1.29, 1.82) is 0 Å². The van der Waals surface area contributed by atoms with Crippen LogP contribution in [0.5, 0.6) is 0 Å². The number of hydrogen-bond acceptors (Lipinski definition) is 2. The number of rotatable bonds is 3. The summed E-state index contributed by atoms with van der Waals surface area (Å²) in [5.41, 5.74) is 4.81. The standard InChI is InChI=1S/C19H14Cl2O2S/c1-10-3-5-12(20)7-14(10)16-9-17(19(22)23)24-18(16)15-8-13(21)6-4-11(15)2/h3-9H,1-2H3,(H,22,23). The van der Waals surface area contributed by atoms with Gasteiger partial charge in [-0.3, -0.25) is 0 Å². The van der Waals surface area contributed by atoms with Crippen LogP contribution in [-0.4, -0.2) is 11.1 Å². The Balaban J connectivity index is 2.32. The molecular weight excluding hydrogens is 363 g/mol. The van der Waals surface area contributed by atoms with E-state index in [1.165, 1.54) is 11.3 Å². The highest BCUT2D eigenvalue weighted by atomic mass is 35.5. The zero-order chi connectivity index (χ0) is 17.4. The third-order valence-electron chi connectivity index (χ3n) is 3.88. The van der Waals surface area contributed by atoms with Crippen LogP contribution in [0.3, 0.4) is 0 Å². The summed E-state index contributed by atoms with van der Waals surface area (Å²) in [6.45, 7) is 3.97. The number of hydrogen-bond donors (Lipinski definition) is 1. The number of halogens is 2. The van der Waals surface area contributed by atoms with Crippen molar-refractivity contribution in [2.75, 3.05) is 0 Å². The minimum Gasteiger partial charge on any atom is -0.477 e. The molecule has 0 aliphatic heterocycles. The molecule has 122 valence electrons. The van der Waals surface area contributed by atoms with Crippen LogP contribution < -0.4 is 0 Å². The molecule has 1 aromatic heterocycles. The van der Waals surface area contributed by atoms with Gasteiger partial charge in [-0.2, -0.15) is 0 Å². The van der Waals surface area contributed by atoms with Gasteiger partial charge in [0, 0.05) is 20.5 Å². The number of carbonyl (C=O) groups is 1. The van der Waals surface area contributed by atoms with Crippen LogP contribution in [0.25, 0.3) is 21.6 Å². The lowest BCUT2D eigenvalue weighted by atomic mass is 9.96. The summed E-state index contributed by atoms with van der Waals surface area (Å²) in [6, 6.07) is 13.0. The predicted molar refractivity (Wildman–Crippen MR) is 102 cm³/mol. The van der Waals surface area contributed by atoms with Gasteiger partial charge in [0.25, 0.3) is 0 Å². The normalized spacial score (nSPS) is 10.8. The Kier molecular flexibility index (Phi) is 4.68. The summed E-state index contributed by atoms with van der Waals surface area (Å²) in [6.07, 6.45) is 0. The van der Waals surface area contributed by atoms with Gasteiger partial charge in [-0.15, -0.1) is 11.3 Å². The zero-order valence-electron chi connectivity index (χ0n) is 13.1. The second kappa shape index (κ2) is 6.60. The monoisotopic (exact) mass is 376 g/mol. The van der Waals surface area contributed by atoms with E-state index in [0.717, 1.165) is 32.7 Å². The van der Waals surface area contributed by atoms with E-state index in [4.69, 9.17) is 23.2 Å². The number of aromatic carboxylic acids is 1. The molecule has 1 heterocycles. The summed E-state index contributed by atoms with van der Waals surface area (Å²) < 4.78 is 0. The molecule has 3 aromatic rings. The van der Waals surface area contributed by atoms with Gasteiger partial charge in [0.15, 0.2) is 0 Å². The van der Waals surface area contributed by atoms with Crippen molar-refractivity contribution in [3.8, 4) is 21.6 Å². The van der Waals surface area contributed by atoms with Crippen LogP contribution in [0.2, 0.25) is 10.0 Å². The van der Waals surface area contributed by atoms with Crippen molar-refractivity contribution in [3.63, 3.8) is 0 Å². The molecule has 3 rings (SSSR count). The van der Waals surface area contributed by atoms with E-state index >= 15 is 0 Å². The third-order valence-corrected chi connectivity index (χ3v) is 5.50. The van der Waals surface area contributed by atoms with Crippen molar-refractivity contribution in [3.05, 3.63) is 68.5 Å². The van der Waals surface area contributed by atoms with Crippen LogP contribution in [-0.2, 0) is 0 Å². The molecular formula is C19H14Cl2O2S. The Morgan fingerprint density at radius 3 is 2.00 bits per heavy atom. The molecule has 0 spiro atoms. The Labute approximate surface area is 154 Å². The van der Waals surface area contributed by atoms with E-state index in [9.17, 15) is 9.90 Å². The molecule has 0 fully saturated rings. The summed E-state index contributed by atoms with van der Waals surface area (Å²) >= 11 is 13.6. The van der Waals surface area contributed by atoms with E-state index in [1.54, 1.807) is 6.07 Å². The number of benzene rings is 2. The summed E-state index contributed by atoms with van der Waals surface area (Å²) in [7, 11) is 0. The topological polar surface area (TPSA) is 37.3 Å². The fourth-order valence-corrected chi connectivity index (χ4v) is 4.06. The van der Waals surface area contributed by atoms with Crippen LogP contribution in [0.15, 0.2) is 42.5 Å². The molecule has 0 unspecified atom stereocenters. The highest BCUT2D eigenvalue weighted by Crippen LogP contribution is 2.43. The van der Waals surface area contributed by atoms with Gasteiger partial charge < -0.3 is 5.11 Å². The van der Waals surface area contributed by atoms with Crippen LogP contribution in [0, 0.1) is 13.8 Å². The van der Waals surface area contributed by atoms with Crippen molar-refractivity contribution < 1.29 is 9.90 Å². The molecule has 1 N–H and O–H groups in total. The first-order valence-electron chi connectivity index (χ1n) is 7.27. The van der Waals surface area contributed by atoms with E-state index in [-0.39, 0.29) is 0 Å². The summed E-state index contributed by atoms with van der Waals surface area (Å²) in [4.78, 5) is 12.7. The molecule has 0 atom stereocenters. The first-order chi connectivity index (χ1) is 11.4. The molecule has 0 saturated carbocycles. The Bertz CT molecular complexity index is 876. The number of carboxylic acids is 1. The van der Waals surface area contributed by atoms with Crippen molar-refractivity contribution in [1.82, 2.24) is 0 Å². The molecule has 0 aliphatic rings. The SMILES string of the molecule is Cc1ccc(Cl)cc1-c1cc(C(=O)O)sc1-c1cc(Cl)ccc1C. The van der Waals surface area contributed by atoms with E-state index in [0.29, 0.717) is 14.9 Å². The average molecular weight is 377 g/mol. The second-order valence-corrected chi connectivity index (χ2v) is 7.50. The average Bonchev–Trinajstić information content (AvgIpc) is 2.97. The highest BCUT2D eigenvalue weighted by molar-refractivity contribution is 7.18. The van der Waals surface area contributed by atoms with Crippen molar-refractivity contribution in [2.45, 2.75) is 13.8 Å². The molecule has 0 amide bonds. The van der Waals surface area contributed by atoms with Crippen molar-refractivity contribution in [2.24, 2.45) is 0 Å². The number of thiophene rings is 1. The van der Waals surface area contributed by atoms with Gasteiger partial charge in [-0.05, 0) is 66.4 Å². The van der Waals surface area contributed by atoms with Crippen LogP contribution in [0.1, 0.15) is 20.8 Å². The fraction of sp³-hybridized carbons (Fsp3) is 0.105. The highest BCUT2D eigenvalue weighted by Gasteiger charge is 2.19. The largest absolute Gasteiger partial charge is 0.477 e. The van der Waals surface area contributed by atoms with E-state index in [1.807, 2.05) is 50.2 Å². The lowest BCUT2D eigenvalue weighted by Gasteiger charge is -2.10. The first-order valence-corrected chi connectivity index (χ1v) is 8.84. The molecule has 0 bridgehead atoms. The number of aryl methyl sites for hydroxylation is 2. The number of carboxylic acid groups (broad SMARTS) is 1. The maximum absolute atomic E-state index is 11.5. The van der Waals surface area contributed by atoms with E-state index in [2.05, 4.69) is 0 Å². The predicted octanol–water partition coefficient (Wildman–Crippen LogP) is 6.70. The molecule has 0 aliphatic carbocycles. The van der Waals surface area contributed by atoms with Gasteiger partial charge in [0.2, 0.25) is 0 Å². The maximum atomic E-state index is 11.5. The maximum Gasteiger partial charge on any atom is 0.345 e. The van der Waals surface area contributed by atoms with Gasteiger partial charge in [0.1, 0.15) is 4.88 Å².